The molecule has 2 aliphatic heterocycles. The molecule has 0 saturated carbocycles. The summed E-state index contributed by atoms with van der Waals surface area (Å²) in [5.41, 5.74) is 3.86. The van der Waals surface area contributed by atoms with E-state index in [2.05, 4.69) is 20.9 Å². The topological polar surface area (TPSA) is 99.2 Å². The third-order valence-corrected chi connectivity index (χ3v) is 6.26. The molecular formula is C19H20N6O3S. The molecule has 10 heteroatoms. The van der Waals surface area contributed by atoms with Crippen LogP contribution in [0.3, 0.4) is 0 Å². The number of imidazole rings is 1. The molecule has 0 N–H and O–H groups in total. The number of ether oxygens (including phenoxy) is 1. The molecule has 0 aliphatic carbocycles. The average Bonchev–Trinajstić information content (AvgIpc) is 3.34. The van der Waals surface area contributed by atoms with Crippen molar-refractivity contribution in [3.05, 3.63) is 50.8 Å². The second kappa shape index (κ2) is 6.60. The molecule has 0 radical (unpaired) electrons. The van der Waals surface area contributed by atoms with Gasteiger partial charge in [0.1, 0.15) is 16.8 Å². The number of nitrogens with zero attached hydrogens (tertiary/aromatic N) is 6. The summed E-state index contributed by atoms with van der Waals surface area (Å²) in [5, 5.41) is 13.9. The minimum Gasteiger partial charge on any atom is -0.436 e. The summed E-state index contributed by atoms with van der Waals surface area (Å²) in [4.78, 5) is 26.1. The number of hydrogen-bond donors (Lipinski definition) is 0. The molecule has 3 aromatic rings. The zero-order valence-corrected chi connectivity index (χ0v) is 17.0. The van der Waals surface area contributed by atoms with Crippen molar-refractivity contribution < 1.29 is 9.66 Å². The molecule has 5 heterocycles. The van der Waals surface area contributed by atoms with Gasteiger partial charge < -0.3 is 14.9 Å². The van der Waals surface area contributed by atoms with E-state index in [1.807, 2.05) is 25.3 Å². The third-order valence-electron chi connectivity index (χ3n) is 5.28. The Morgan fingerprint density at radius 2 is 2.21 bits per heavy atom. The summed E-state index contributed by atoms with van der Waals surface area (Å²) in [7, 11) is 0. The van der Waals surface area contributed by atoms with Gasteiger partial charge in [0.15, 0.2) is 0 Å². The van der Waals surface area contributed by atoms with Gasteiger partial charge in [0.2, 0.25) is 0 Å². The van der Waals surface area contributed by atoms with Crippen LogP contribution in [0, 0.1) is 17.0 Å². The van der Waals surface area contributed by atoms with E-state index in [9.17, 15) is 10.1 Å². The first-order valence-corrected chi connectivity index (χ1v) is 10.3. The molecule has 0 aromatic carbocycles. The summed E-state index contributed by atoms with van der Waals surface area (Å²) >= 11 is 1.62. The third kappa shape index (κ3) is 3.38. The number of hydrogen-bond acceptors (Lipinski definition) is 8. The van der Waals surface area contributed by atoms with Crippen LogP contribution in [0.4, 0.5) is 5.82 Å². The molecule has 0 fully saturated rings. The van der Waals surface area contributed by atoms with Crippen LogP contribution in [-0.4, -0.2) is 48.0 Å². The first-order chi connectivity index (χ1) is 13.9. The summed E-state index contributed by atoms with van der Waals surface area (Å²) in [5.74, 6) is -0.175. The molecular weight excluding hydrogens is 392 g/mol. The molecule has 1 atom stereocenters. The maximum absolute atomic E-state index is 10.9. The zero-order valence-electron chi connectivity index (χ0n) is 16.2. The lowest BCUT2D eigenvalue weighted by Crippen LogP contribution is -2.46. The van der Waals surface area contributed by atoms with E-state index in [0.29, 0.717) is 12.6 Å². The number of aromatic nitrogens is 4. The SMILES string of the molecule is Cc1csc(-c2ccc3c(n2)CCN(C[C@@]2(C)Cn4cc([N+](=O)[O-])nc4O2)C3)n1. The highest BCUT2D eigenvalue weighted by Gasteiger charge is 2.41. The van der Waals surface area contributed by atoms with Crippen LogP contribution < -0.4 is 4.74 Å². The van der Waals surface area contributed by atoms with Gasteiger partial charge in [-0.05, 0) is 30.4 Å². The summed E-state index contributed by atoms with van der Waals surface area (Å²) in [6, 6.07) is 4.51. The number of fused-ring (bicyclic) bond motifs is 2. The lowest BCUT2D eigenvalue weighted by molar-refractivity contribution is -0.389. The van der Waals surface area contributed by atoms with Crippen LogP contribution in [0.15, 0.2) is 23.7 Å². The monoisotopic (exact) mass is 412 g/mol. The van der Waals surface area contributed by atoms with Crippen molar-refractivity contribution in [1.82, 2.24) is 24.4 Å². The minimum atomic E-state index is -0.498. The maximum Gasteiger partial charge on any atom is 0.415 e. The molecule has 0 unspecified atom stereocenters. The van der Waals surface area contributed by atoms with Crippen molar-refractivity contribution in [2.75, 3.05) is 13.1 Å². The largest absolute Gasteiger partial charge is 0.436 e. The van der Waals surface area contributed by atoms with E-state index < -0.39 is 10.5 Å². The van der Waals surface area contributed by atoms with Crippen LogP contribution in [0.5, 0.6) is 6.01 Å². The molecule has 29 heavy (non-hydrogen) atoms. The van der Waals surface area contributed by atoms with Gasteiger partial charge in [-0.3, -0.25) is 9.47 Å². The fraction of sp³-hybridized carbons (Fsp3) is 0.421. The van der Waals surface area contributed by atoms with E-state index in [-0.39, 0.29) is 5.82 Å². The van der Waals surface area contributed by atoms with Crippen LogP contribution >= 0.6 is 11.3 Å². The average molecular weight is 412 g/mol. The number of pyridine rings is 1. The van der Waals surface area contributed by atoms with E-state index in [1.54, 1.807) is 15.9 Å². The predicted molar refractivity (Wildman–Crippen MR) is 107 cm³/mol. The van der Waals surface area contributed by atoms with Gasteiger partial charge in [0, 0.05) is 47.8 Å². The van der Waals surface area contributed by atoms with E-state index in [4.69, 9.17) is 9.72 Å². The summed E-state index contributed by atoms with van der Waals surface area (Å²) < 4.78 is 7.70. The Labute approximate surface area is 171 Å². The van der Waals surface area contributed by atoms with Gasteiger partial charge in [-0.25, -0.2) is 9.97 Å². The second-order valence-electron chi connectivity index (χ2n) is 7.88. The van der Waals surface area contributed by atoms with Crippen molar-refractivity contribution in [1.29, 1.82) is 0 Å². The summed E-state index contributed by atoms with van der Waals surface area (Å²) in [6.45, 7) is 6.98. The van der Waals surface area contributed by atoms with Gasteiger partial charge in [-0.2, -0.15) is 0 Å². The smallest absolute Gasteiger partial charge is 0.415 e. The predicted octanol–water partition coefficient (Wildman–Crippen LogP) is 2.83. The van der Waals surface area contributed by atoms with Crippen LogP contribution in [-0.2, 0) is 19.5 Å². The molecule has 150 valence electrons. The van der Waals surface area contributed by atoms with Crippen LogP contribution in [0.2, 0.25) is 0 Å². The Hall–Kier alpha value is -2.85. The van der Waals surface area contributed by atoms with E-state index >= 15 is 0 Å². The van der Waals surface area contributed by atoms with Crippen molar-refractivity contribution >= 4 is 17.2 Å². The van der Waals surface area contributed by atoms with Gasteiger partial charge >= 0.3 is 11.8 Å². The highest BCUT2D eigenvalue weighted by Crippen LogP contribution is 2.33. The van der Waals surface area contributed by atoms with Gasteiger partial charge in [-0.1, -0.05) is 6.07 Å². The zero-order chi connectivity index (χ0) is 20.2. The van der Waals surface area contributed by atoms with Crippen molar-refractivity contribution in [2.24, 2.45) is 0 Å². The van der Waals surface area contributed by atoms with Gasteiger partial charge in [-0.15, -0.1) is 11.3 Å². The molecule has 0 saturated heterocycles. The maximum atomic E-state index is 10.9. The minimum absolute atomic E-state index is 0.175. The molecule has 5 rings (SSSR count). The lowest BCUT2D eigenvalue weighted by atomic mass is 10.0. The number of rotatable bonds is 4. The van der Waals surface area contributed by atoms with Crippen LogP contribution in [0.1, 0.15) is 23.9 Å². The van der Waals surface area contributed by atoms with Gasteiger partial charge in [0.25, 0.3) is 0 Å². The number of nitro groups is 1. The van der Waals surface area contributed by atoms with Gasteiger partial charge in [0.05, 0.1) is 12.2 Å². The second-order valence-corrected chi connectivity index (χ2v) is 8.73. The van der Waals surface area contributed by atoms with E-state index in [0.717, 1.165) is 48.1 Å². The normalized spacial score (nSPS) is 20.9. The van der Waals surface area contributed by atoms with E-state index in [1.165, 1.54) is 11.8 Å². The fourth-order valence-electron chi connectivity index (χ4n) is 4.04. The molecule has 0 bridgehead atoms. The Morgan fingerprint density at radius 1 is 1.34 bits per heavy atom. The number of thiazole rings is 1. The number of aryl methyl sites for hydroxylation is 1. The van der Waals surface area contributed by atoms with Crippen molar-refractivity contribution in [3.8, 4) is 16.7 Å². The Morgan fingerprint density at radius 3 is 2.93 bits per heavy atom. The quantitative estimate of drug-likeness (QED) is 0.480. The highest BCUT2D eigenvalue weighted by molar-refractivity contribution is 7.13. The van der Waals surface area contributed by atoms with Crippen LogP contribution in [0.25, 0.3) is 10.7 Å². The Bertz CT molecular complexity index is 1080. The first kappa shape index (κ1) is 18.2. The molecule has 0 spiro atoms. The molecule has 2 aliphatic rings. The Balaban J connectivity index is 1.28. The molecule has 3 aromatic heterocycles. The summed E-state index contributed by atoms with van der Waals surface area (Å²) in [6.07, 6.45) is 2.32. The molecule has 9 nitrogen and oxygen atoms in total. The van der Waals surface area contributed by atoms with Crippen molar-refractivity contribution in [2.45, 2.75) is 39.0 Å². The molecule has 0 amide bonds. The van der Waals surface area contributed by atoms with Crippen molar-refractivity contribution in [3.63, 3.8) is 0 Å². The first-order valence-electron chi connectivity index (χ1n) is 9.43. The standard InChI is InChI=1S/C19H20N6O3S/c1-12-9-29-17(20-12)15-4-3-13-7-23(6-5-14(13)21-15)10-19(2)11-24-8-16(25(26)27)22-18(24)28-19/h3-4,8-9H,5-7,10-11H2,1-2H3/t19-/m0/s1. The highest BCUT2D eigenvalue weighted by atomic mass is 32.1. The fourth-order valence-corrected chi connectivity index (χ4v) is 4.80. The lowest BCUT2D eigenvalue weighted by Gasteiger charge is -2.34. The Kier molecular flexibility index (Phi) is 4.14.